The minimum atomic E-state index is 1.14. The van der Waals surface area contributed by atoms with Gasteiger partial charge in [-0.2, -0.15) is 0 Å². The summed E-state index contributed by atoms with van der Waals surface area (Å²) in [5.74, 6) is 0. The Morgan fingerprint density at radius 1 is 1.00 bits per heavy atom. The molecule has 0 bridgehead atoms. The first-order chi connectivity index (χ1) is 5.93. The van der Waals surface area contributed by atoms with Crippen LogP contribution in [0.5, 0.6) is 0 Å². The molecule has 0 aliphatic carbocycles. The summed E-state index contributed by atoms with van der Waals surface area (Å²) in [6.45, 7) is 6.16. The van der Waals surface area contributed by atoms with E-state index >= 15 is 0 Å². The Kier molecular flexibility index (Phi) is 13.9. The summed E-state index contributed by atoms with van der Waals surface area (Å²) in [5.41, 5.74) is 1.41. The van der Waals surface area contributed by atoms with Crippen molar-refractivity contribution in [2.24, 2.45) is 0 Å². The predicted molar refractivity (Wildman–Crippen MR) is 57.1 cm³/mol. The fourth-order valence-corrected chi connectivity index (χ4v) is 0.714. The molecular weight excluding hydrogens is 144 g/mol. The fraction of sp³-hybridized carbons (Fsp3) is 0.333. The Labute approximate surface area is 76.6 Å². The molecule has 0 radical (unpaired) electrons. The molecule has 0 aromatic heterocycles. The van der Waals surface area contributed by atoms with Crippen LogP contribution in [0.2, 0.25) is 0 Å². The van der Waals surface area contributed by atoms with Crippen molar-refractivity contribution < 1.29 is 0 Å². The lowest BCUT2D eigenvalue weighted by atomic mass is 10.2. The molecule has 0 unspecified atom stereocenters. The van der Waals surface area contributed by atoms with Crippen LogP contribution in [0.1, 0.15) is 26.3 Å². The Morgan fingerprint density at radius 2 is 1.42 bits per heavy atom. The average molecular weight is 162 g/mol. The smallest absolute Gasteiger partial charge is 0.0307 e. The monoisotopic (exact) mass is 162 g/mol. The lowest BCUT2D eigenvalue weighted by Gasteiger charge is -1.89. The van der Waals surface area contributed by atoms with Crippen molar-refractivity contribution in [2.75, 3.05) is 0 Å². The molecule has 1 rings (SSSR count). The van der Waals surface area contributed by atoms with Gasteiger partial charge in [0.25, 0.3) is 0 Å². The number of hydrogen-bond acceptors (Lipinski definition) is 0. The van der Waals surface area contributed by atoms with E-state index in [2.05, 4.69) is 44.0 Å². The number of aryl methyl sites for hydroxylation is 1. The minimum absolute atomic E-state index is 1.14. The topological polar surface area (TPSA) is 0 Å². The molecule has 0 saturated carbocycles. The molecule has 0 aliphatic heterocycles. The summed E-state index contributed by atoms with van der Waals surface area (Å²) >= 11 is 0. The van der Waals surface area contributed by atoms with Crippen LogP contribution in [0.25, 0.3) is 0 Å². The quantitative estimate of drug-likeness (QED) is 0.554. The maximum absolute atomic E-state index is 4.00. The van der Waals surface area contributed by atoms with Crippen LogP contribution in [0.4, 0.5) is 0 Å². The zero-order chi connectivity index (χ0) is 9.82. The van der Waals surface area contributed by atoms with Crippen LogP contribution in [0, 0.1) is 12.8 Å². The van der Waals surface area contributed by atoms with E-state index in [-0.39, 0.29) is 0 Å². The summed E-state index contributed by atoms with van der Waals surface area (Å²) in [7, 11) is 0. The van der Waals surface area contributed by atoms with Crippen LogP contribution < -0.4 is 0 Å². The van der Waals surface area contributed by atoms with E-state index < -0.39 is 0 Å². The normalized spacial score (nSPS) is 6.75. The SMILES string of the molecule is C#C.CC.CCc1ccccc1. The number of rotatable bonds is 1. The van der Waals surface area contributed by atoms with Crippen molar-refractivity contribution in [1.29, 1.82) is 0 Å². The van der Waals surface area contributed by atoms with Crippen LogP contribution in [0.3, 0.4) is 0 Å². The zero-order valence-electron chi connectivity index (χ0n) is 8.25. The Morgan fingerprint density at radius 3 is 1.67 bits per heavy atom. The van der Waals surface area contributed by atoms with E-state index in [9.17, 15) is 0 Å². The third kappa shape index (κ3) is 6.89. The molecule has 0 N–H and O–H groups in total. The first-order valence-corrected chi connectivity index (χ1v) is 4.30. The molecule has 0 nitrogen and oxygen atoms in total. The molecule has 0 fully saturated rings. The van der Waals surface area contributed by atoms with Gasteiger partial charge in [0.1, 0.15) is 0 Å². The molecule has 1 aromatic carbocycles. The standard InChI is InChI=1S/C8H10.C2H6.C2H2/c1-2-8-6-4-3-5-7-8;2*1-2/h3-7H,2H2,1H3;1-2H3;1-2H. The lowest BCUT2D eigenvalue weighted by Crippen LogP contribution is -1.73. The highest BCUT2D eigenvalue weighted by Crippen LogP contribution is 1.96. The first-order valence-electron chi connectivity index (χ1n) is 4.30. The van der Waals surface area contributed by atoms with E-state index in [0.29, 0.717) is 0 Å². The maximum Gasteiger partial charge on any atom is -0.0307 e. The van der Waals surface area contributed by atoms with Crippen molar-refractivity contribution >= 4 is 0 Å². The lowest BCUT2D eigenvalue weighted by molar-refractivity contribution is 1.14. The minimum Gasteiger partial charge on any atom is -0.124 e. The second kappa shape index (κ2) is 12.5. The fourth-order valence-electron chi connectivity index (χ4n) is 0.714. The van der Waals surface area contributed by atoms with Gasteiger partial charge in [0.05, 0.1) is 0 Å². The van der Waals surface area contributed by atoms with Gasteiger partial charge in [-0.05, 0) is 12.0 Å². The van der Waals surface area contributed by atoms with Crippen LogP contribution >= 0.6 is 0 Å². The predicted octanol–water partition coefficient (Wildman–Crippen LogP) is 3.52. The Hall–Kier alpha value is -1.22. The summed E-state index contributed by atoms with van der Waals surface area (Å²) in [6, 6.07) is 10.5. The summed E-state index contributed by atoms with van der Waals surface area (Å²) in [6.07, 6.45) is 9.14. The second-order valence-electron chi connectivity index (χ2n) is 1.84. The largest absolute Gasteiger partial charge is 0.124 e. The zero-order valence-corrected chi connectivity index (χ0v) is 8.25. The molecule has 0 saturated heterocycles. The molecule has 0 aliphatic rings. The van der Waals surface area contributed by atoms with E-state index in [1.807, 2.05) is 19.9 Å². The third-order valence-electron chi connectivity index (χ3n) is 1.25. The number of benzene rings is 1. The van der Waals surface area contributed by atoms with Crippen molar-refractivity contribution in [3.05, 3.63) is 35.9 Å². The van der Waals surface area contributed by atoms with Gasteiger partial charge < -0.3 is 0 Å². The molecule has 0 amide bonds. The highest BCUT2D eigenvalue weighted by atomic mass is 13.9. The van der Waals surface area contributed by atoms with Gasteiger partial charge >= 0.3 is 0 Å². The van der Waals surface area contributed by atoms with Crippen molar-refractivity contribution in [1.82, 2.24) is 0 Å². The molecule has 12 heavy (non-hydrogen) atoms. The summed E-state index contributed by atoms with van der Waals surface area (Å²) in [4.78, 5) is 0. The van der Waals surface area contributed by atoms with E-state index in [0.717, 1.165) is 6.42 Å². The van der Waals surface area contributed by atoms with Crippen LogP contribution in [-0.4, -0.2) is 0 Å². The summed E-state index contributed by atoms with van der Waals surface area (Å²) in [5, 5.41) is 0. The summed E-state index contributed by atoms with van der Waals surface area (Å²) < 4.78 is 0. The highest BCUT2D eigenvalue weighted by Gasteiger charge is 1.79. The van der Waals surface area contributed by atoms with Gasteiger partial charge in [-0.25, -0.2) is 0 Å². The van der Waals surface area contributed by atoms with Gasteiger partial charge in [-0.1, -0.05) is 51.1 Å². The Balaban J connectivity index is 0. The van der Waals surface area contributed by atoms with Gasteiger partial charge in [0.2, 0.25) is 0 Å². The van der Waals surface area contributed by atoms with Crippen LogP contribution in [-0.2, 0) is 6.42 Å². The van der Waals surface area contributed by atoms with E-state index in [1.54, 1.807) is 0 Å². The molecule has 66 valence electrons. The molecule has 0 spiro atoms. The second-order valence-corrected chi connectivity index (χ2v) is 1.84. The molecule has 0 heteroatoms. The van der Waals surface area contributed by atoms with Gasteiger partial charge in [-0.15, -0.1) is 12.8 Å². The van der Waals surface area contributed by atoms with Gasteiger partial charge in [-0.3, -0.25) is 0 Å². The van der Waals surface area contributed by atoms with Crippen molar-refractivity contribution in [2.45, 2.75) is 27.2 Å². The van der Waals surface area contributed by atoms with Crippen molar-refractivity contribution in [3.8, 4) is 12.8 Å². The number of terminal acetylenes is 1. The molecule has 1 aromatic rings. The van der Waals surface area contributed by atoms with Gasteiger partial charge in [0, 0.05) is 0 Å². The molecule has 0 atom stereocenters. The Bertz CT molecular complexity index is 172. The highest BCUT2D eigenvalue weighted by molar-refractivity contribution is 5.13. The van der Waals surface area contributed by atoms with Gasteiger partial charge in [0.15, 0.2) is 0 Å². The average Bonchev–Trinajstić information content (AvgIpc) is 2.25. The first kappa shape index (κ1) is 13.4. The van der Waals surface area contributed by atoms with Crippen molar-refractivity contribution in [3.63, 3.8) is 0 Å². The molecular formula is C12H18. The molecule has 0 heterocycles. The third-order valence-corrected chi connectivity index (χ3v) is 1.25. The maximum atomic E-state index is 4.00. The van der Waals surface area contributed by atoms with Crippen LogP contribution in [0.15, 0.2) is 30.3 Å². The van der Waals surface area contributed by atoms with E-state index in [4.69, 9.17) is 0 Å². The van der Waals surface area contributed by atoms with E-state index in [1.165, 1.54) is 5.56 Å². The number of hydrogen-bond donors (Lipinski definition) is 0.